The molecule has 112 valence electrons. The standard InChI is InChI=1S/C13H19NO4S2/c1-8-6-10(19-11(8)12(15)16)20(17,18)14-9-4-5-13(2,3)7-9/h6,9,14H,4-5,7H2,1-3H3,(H,15,16). The van der Waals surface area contributed by atoms with Crippen molar-refractivity contribution in [2.24, 2.45) is 5.41 Å². The molecule has 2 N–H and O–H groups in total. The second-order valence-corrected chi connectivity index (χ2v) is 9.10. The van der Waals surface area contributed by atoms with Gasteiger partial charge in [0, 0.05) is 6.04 Å². The van der Waals surface area contributed by atoms with Crippen LogP contribution in [-0.2, 0) is 10.0 Å². The third-order valence-electron chi connectivity index (χ3n) is 3.64. The minimum atomic E-state index is -3.62. The molecule has 0 aromatic carbocycles. The number of carboxylic acids is 1. The fourth-order valence-corrected chi connectivity index (χ4v) is 5.28. The van der Waals surface area contributed by atoms with Crippen LogP contribution in [0.2, 0.25) is 0 Å². The van der Waals surface area contributed by atoms with Gasteiger partial charge in [-0.15, -0.1) is 11.3 Å². The number of carboxylic acid groups (broad SMARTS) is 1. The SMILES string of the molecule is Cc1cc(S(=O)(=O)NC2CCC(C)(C)C2)sc1C(=O)O. The number of hydrogen-bond donors (Lipinski definition) is 2. The summed E-state index contributed by atoms with van der Waals surface area (Å²) in [6.45, 7) is 5.86. The molecule has 1 aliphatic carbocycles. The van der Waals surface area contributed by atoms with Crippen LogP contribution >= 0.6 is 11.3 Å². The van der Waals surface area contributed by atoms with Crippen LogP contribution in [0.25, 0.3) is 0 Å². The maximum Gasteiger partial charge on any atom is 0.346 e. The number of thiophene rings is 1. The van der Waals surface area contributed by atoms with Gasteiger partial charge in [0.1, 0.15) is 9.09 Å². The maximum atomic E-state index is 12.3. The lowest BCUT2D eigenvalue weighted by atomic mass is 9.92. The summed E-state index contributed by atoms with van der Waals surface area (Å²) < 4.78 is 27.4. The van der Waals surface area contributed by atoms with Crippen molar-refractivity contribution in [3.63, 3.8) is 0 Å². The molecule has 0 saturated heterocycles. The van der Waals surface area contributed by atoms with E-state index in [0.29, 0.717) is 5.56 Å². The predicted molar refractivity (Wildman–Crippen MR) is 77.8 cm³/mol. The van der Waals surface area contributed by atoms with Crippen molar-refractivity contribution in [2.75, 3.05) is 0 Å². The Morgan fingerprint density at radius 1 is 1.50 bits per heavy atom. The van der Waals surface area contributed by atoms with E-state index in [1.54, 1.807) is 6.92 Å². The van der Waals surface area contributed by atoms with Crippen molar-refractivity contribution in [2.45, 2.75) is 50.3 Å². The molecule has 0 radical (unpaired) electrons. The minimum Gasteiger partial charge on any atom is -0.477 e. The fraction of sp³-hybridized carbons (Fsp3) is 0.615. The monoisotopic (exact) mass is 317 g/mol. The topological polar surface area (TPSA) is 83.5 Å². The lowest BCUT2D eigenvalue weighted by Gasteiger charge is -2.17. The number of sulfonamides is 1. The van der Waals surface area contributed by atoms with Crippen LogP contribution < -0.4 is 4.72 Å². The van der Waals surface area contributed by atoms with Gasteiger partial charge in [-0.3, -0.25) is 0 Å². The van der Waals surface area contributed by atoms with Crippen molar-refractivity contribution >= 4 is 27.3 Å². The van der Waals surface area contributed by atoms with Gasteiger partial charge in [-0.2, -0.15) is 0 Å². The van der Waals surface area contributed by atoms with Gasteiger partial charge in [0.15, 0.2) is 0 Å². The van der Waals surface area contributed by atoms with Gasteiger partial charge >= 0.3 is 5.97 Å². The lowest BCUT2D eigenvalue weighted by molar-refractivity contribution is 0.0701. The Morgan fingerprint density at radius 2 is 2.15 bits per heavy atom. The Hall–Kier alpha value is -0.920. The van der Waals surface area contributed by atoms with Crippen LogP contribution in [0.4, 0.5) is 0 Å². The number of aromatic carboxylic acids is 1. The summed E-state index contributed by atoms with van der Waals surface area (Å²) in [7, 11) is -3.62. The average Bonchev–Trinajstić information content (AvgIpc) is 2.82. The first-order valence-electron chi connectivity index (χ1n) is 6.47. The number of aryl methyl sites for hydroxylation is 1. The molecule has 1 atom stereocenters. The normalized spacial score (nSPS) is 22.1. The average molecular weight is 317 g/mol. The molecule has 1 aromatic heterocycles. The van der Waals surface area contributed by atoms with Crippen LogP contribution in [0.3, 0.4) is 0 Å². The molecule has 1 heterocycles. The first-order valence-corrected chi connectivity index (χ1v) is 8.77. The summed E-state index contributed by atoms with van der Waals surface area (Å²) in [5, 5.41) is 8.99. The molecular formula is C13H19NO4S2. The van der Waals surface area contributed by atoms with Gasteiger partial charge < -0.3 is 5.11 Å². The molecule has 1 aliphatic rings. The van der Waals surface area contributed by atoms with E-state index < -0.39 is 16.0 Å². The van der Waals surface area contributed by atoms with E-state index in [2.05, 4.69) is 18.6 Å². The lowest BCUT2D eigenvalue weighted by Crippen LogP contribution is -2.33. The zero-order valence-electron chi connectivity index (χ0n) is 11.8. The van der Waals surface area contributed by atoms with Gasteiger partial charge in [-0.25, -0.2) is 17.9 Å². The number of hydrogen-bond acceptors (Lipinski definition) is 4. The highest BCUT2D eigenvalue weighted by Gasteiger charge is 2.34. The third kappa shape index (κ3) is 3.21. The summed E-state index contributed by atoms with van der Waals surface area (Å²) >= 11 is 0.808. The quantitative estimate of drug-likeness (QED) is 0.894. The van der Waals surface area contributed by atoms with E-state index >= 15 is 0 Å². The van der Waals surface area contributed by atoms with Crippen molar-refractivity contribution in [3.8, 4) is 0 Å². The maximum absolute atomic E-state index is 12.3. The number of rotatable bonds is 4. The highest BCUT2D eigenvalue weighted by Crippen LogP contribution is 2.37. The summed E-state index contributed by atoms with van der Waals surface area (Å²) in [4.78, 5) is 11.1. The Kier molecular flexibility index (Phi) is 3.96. The summed E-state index contributed by atoms with van der Waals surface area (Å²) in [5.41, 5.74) is 0.639. The van der Waals surface area contributed by atoms with E-state index in [1.165, 1.54) is 6.07 Å². The molecule has 1 unspecified atom stereocenters. The van der Waals surface area contributed by atoms with E-state index in [0.717, 1.165) is 30.6 Å². The number of carbonyl (C=O) groups is 1. The van der Waals surface area contributed by atoms with Gasteiger partial charge in [-0.05, 0) is 43.2 Å². The van der Waals surface area contributed by atoms with Crippen LogP contribution in [0.15, 0.2) is 10.3 Å². The van der Waals surface area contributed by atoms with Crippen LogP contribution in [0, 0.1) is 12.3 Å². The highest BCUT2D eigenvalue weighted by molar-refractivity contribution is 7.91. The van der Waals surface area contributed by atoms with E-state index in [4.69, 9.17) is 5.11 Å². The van der Waals surface area contributed by atoms with E-state index in [1.807, 2.05) is 0 Å². The summed E-state index contributed by atoms with van der Waals surface area (Å²) in [6, 6.07) is 1.36. The third-order valence-corrected chi connectivity index (χ3v) is 6.86. The Labute approximate surface area is 123 Å². The molecule has 1 aromatic rings. The zero-order chi connectivity index (χ0) is 15.1. The molecule has 20 heavy (non-hydrogen) atoms. The smallest absolute Gasteiger partial charge is 0.346 e. The van der Waals surface area contributed by atoms with Gasteiger partial charge in [0.05, 0.1) is 0 Å². The molecule has 7 heteroatoms. The van der Waals surface area contributed by atoms with E-state index in [-0.39, 0.29) is 20.5 Å². The van der Waals surface area contributed by atoms with Crippen molar-refractivity contribution in [1.82, 2.24) is 4.72 Å². The van der Waals surface area contributed by atoms with Crippen molar-refractivity contribution in [1.29, 1.82) is 0 Å². The highest BCUT2D eigenvalue weighted by atomic mass is 32.2. The molecule has 0 aliphatic heterocycles. The fourth-order valence-electron chi connectivity index (χ4n) is 2.61. The Bertz CT molecular complexity index is 631. The Morgan fingerprint density at radius 3 is 2.60 bits per heavy atom. The molecule has 0 spiro atoms. The molecule has 0 amide bonds. The largest absolute Gasteiger partial charge is 0.477 e. The first kappa shape index (κ1) is 15.5. The zero-order valence-corrected chi connectivity index (χ0v) is 13.4. The molecule has 1 fully saturated rings. The second-order valence-electron chi connectivity index (χ2n) is 6.11. The summed E-state index contributed by atoms with van der Waals surface area (Å²) in [6.07, 6.45) is 2.62. The van der Waals surface area contributed by atoms with Crippen LogP contribution in [0.1, 0.15) is 48.3 Å². The predicted octanol–water partition coefficient (Wildman–Crippen LogP) is 2.61. The van der Waals surface area contributed by atoms with Gasteiger partial charge in [0.25, 0.3) is 0 Å². The van der Waals surface area contributed by atoms with Crippen molar-refractivity contribution < 1.29 is 18.3 Å². The van der Waals surface area contributed by atoms with Gasteiger partial charge in [0.2, 0.25) is 10.0 Å². The molecule has 0 bridgehead atoms. The number of nitrogens with one attached hydrogen (secondary N) is 1. The van der Waals surface area contributed by atoms with Crippen LogP contribution in [-0.4, -0.2) is 25.5 Å². The summed E-state index contributed by atoms with van der Waals surface area (Å²) in [5.74, 6) is -1.09. The first-order chi connectivity index (χ1) is 9.11. The molecule has 2 rings (SSSR count). The van der Waals surface area contributed by atoms with Crippen molar-refractivity contribution in [3.05, 3.63) is 16.5 Å². The molecule has 1 saturated carbocycles. The Balaban J connectivity index is 2.19. The van der Waals surface area contributed by atoms with E-state index in [9.17, 15) is 13.2 Å². The molecule has 5 nitrogen and oxygen atoms in total. The minimum absolute atomic E-state index is 0.0642. The van der Waals surface area contributed by atoms with Gasteiger partial charge in [-0.1, -0.05) is 13.8 Å². The second kappa shape index (κ2) is 5.13. The van der Waals surface area contributed by atoms with Crippen LogP contribution in [0.5, 0.6) is 0 Å². The molecular weight excluding hydrogens is 298 g/mol.